The molecule has 1 aliphatic rings. The quantitative estimate of drug-likeness (QED) is 0.906. The first-order valence-corrected chi connectivity index (χ1v) is 7.60. The number of urea groups is 1. The summed E-state index contributed by atoms with van der Waals surface area (Å²) in [6.07, 6.45) is 5.62. The maximum absolute atomic E-state index is 11.9. The zero-order valence-electron chi connectivity index (χ0n) is 12.8. The monoisotopic (exact) mass is 304 g/mol. The zero-order valence-corrected chi connectivity index (χ0v) is 12.8. The first kappa shape index (κ1) is 14.6. The SMILES string of the molecule is Cc1cc(-c2nnc(NC(=O)NC3CCCCC3)o2)c(C)o1. The Bertz CT molecular complexity index is 656. The van der Waals surface area contributed by atoms with Crippen LogP contribution in [-0.4, -0.2) is 22.3 Å². The fourth-order valence-electron chi connectivity index (χ4n) is 2.79. The highest BCUT2D eigenvalue weighted by atomic mass is 16.4. The second-order valence-corrected chi connectivity index (χ2v) is 5.67. The van der Waals surface area contributed by atoms with Gasteiger partial charge < -0.3 is 14.2 Å². The number of rotatable bonds is 3. The van der Waals surface area contributed by atoms with Gasteiger partial charge in [0.1, 0.15) is 11.5 Å². The molecule has 1 saturated carbocycles. The third-order valence-corrected chi connectivity index (χ3v) is 3.86. The van der Waals surface area contributed by atoms with Gasteiger partial charge in [-0.2, -0.15) is 0 Å². The van der Waals surface area contributed by atoms with Crippen LogP contribution in [0.15, 0.2) is 14.9 Å². The van der Waals surface area contributed by atoms with E-state index in [1.54, 1.807) is 0 Å². The van der Waals surface area contributed by atoms with Crippen molar-refractivity contribution in [3.05, 3.63) is 17.6 Å². The van der Waals surface area contributed by atoms with Crippen molar-refractivity contribution in [1.29, 1.82) is 0 Å². The molecular formula is C15H20N4O3. The summed E-state index contributed by atoms with van der Waals surface area (Å²) in [5.74, 6) is 1.82. The van der Waals surface area contributed by atoms with Crippen LogP contribution in [0.3, 0.4) is 0 Å². The van der Waals surface area contributed by atoms with E-state index in [9.17, 15) is 4.79 Å². The Morgan fingerprint density at radius 1 is 1.18 bits per heavy atom. The smallest absolute Gasteiger partial charge is 0.324 e. The summed E-state index contributed by atoms with van der Waals surface area (Å²) in [4.78, 5) is 11.9. The van der Waals surface area contributed by atoms with Crippen molar-refractivity contribution in [2.75, 3.05) is 5.32 Å². The molecule has 2 aromatic heterocycles. The number of nitrogens with one attached hydrogen (secondary N) is 2. The van der Waals surface area contributed by atoms with Gasteiger partial charge in [-0.25, -0.2) is 4.79 Å². The van der Waals surface area contributed by atoms with Crippen LogP contribution in [0.5, 0.6) is 0 Å². The summed E-state index contributed by atoms with van der Waals surface area (Å²) in [6.45, 7) is 3.68. The van der Waals surface area contributed by atoms with Crippen LogP contribution in [0.25, 0.3) is 11.5 Å². The summed E-state index contributed by atoms with van der Waals surface area (Å²) in [5, 5.41) is 13.3. The molecule has 22 heavy (non-hydrogen) atoms. The van der Waals surface area contributed by atoms with Gasteiger partial charge in [0, 0.05) is 6.04 Å². The average Bonchev–Trinajstić information content (AvgIpc) is 3.06. The number of amides is 2. The van der Waals surface area contributed by atoms with Gasteiger partial charge in [0.25, 0.3) is 5.89 Å². The van der Waals surface area contributed by atoms with Crippen LogP contribution in [0.2, 0.25) is 0 Å². The number of hydrogen-bond donors (Lipinski definition) is 2. The minimum atomic E-state index is -0.304. The Balaban J connectivity index is 1.61. The molecular weight excluding hydrogens is 284 g/mol. The minimum absolute atomic E-state index is 0.0848. The molecule has 1 aliphatic carbocycles. The number of carbonyl (C=O) groups is 1. The Kier molecular flexibility index (Phi) is 4.13. The van der Waals surface area contributed by atoms with E-state index in [1.165, 1.54) is 6.42 Å². The van der Waals surface area contributed by atoms with Gasteiger partial charge in [-0.1, -0.05) is 24.4 Å². The van der Waals surface area contributed by atoms with Crippen molar-refractivity contribution in [3.63, 3.8) is 0 Å². The van der Waals surface area contributed by atoms with E-state index < -0.39 is 0 Å². The number of hydrogen-bond acceptors (Lipinski definition) is 5. The summed E-state index contributed by atoms with van der Waals surface area (Å²) >= 11 is 0. The van der Waals surface area contributed by atoms with Gasteiger partial charge in [-0.3, -0.25) is 5.32 Å². The highest BCUT2D eigenvalue weighted by molar-refractivity contribution is 5.87. The third-order valence-electron chi connectivity index (χ3n) is 3.86. The van der Waals surface area contributed by atoms with Gasteiger partial charge in [0.2, 0.25) is 0 Å². The number of nitrogens with zero attached hydrogens (tertiary/aromatic N) is 2. The molecule has 0 aromatic carbocycles. The standard InChI is InChI=1S/C15H20N4O3/c1-9-8-12(10(2)21-9)13-18-19-15(22-13)17-14(20)16-11-6-4-3-5-7-11/h8,11H,3-7H2,1-2H3,(H2,16,17,19,20). The molecule has 0 saturated heterocycles. The van der Waals surface area contributed by atoms with Gasteiger partial charge in [0.15, 0.2) is 0 Å². The van der Waals surface area contributed by atoms with Crippen molar-refractivity contribution < 1.29 is 13.6 Å². The summed E-state index contributed by atoms with van der Waals surface area (Å²) in [5.41, 5.74) is 0.741. The van der Waals surface area contributed by atoms with Crippen LogP contribution in [-0.2, 0) is 0 Å². The van der Waals surface area contributed by atoms with Crippen LogP contribution >= 0.6 is 0 Å². The lowest BCUT2D eigenvalue weighted by molar-refractivity contribution is 0.243. The van der Waals surface area contributed by atoms with Crippen LogP contribution in [0.1, 0.15) is 43.6 Å². The van der Waals surface area contributed by atoms with E-state index in [4.69, 9.17) is 8.83 Å². The summed E-state index contributed by atoms with van der Waals surface area (Å²) < 4.78 is 10.9. The number of furan rings is 1. The molecule has 0 bridgehead atoms. The van der Waals surface area contributed by atoms with Gasteiger partial charge in [-0.05, 0) is 32.8 Å². The molecule has 0 radical (unpaired) electrons. The zero-order chi connectivity index (χ0) is 15.5. The van der Waals surface area contributed by atoms with Crippen molar-refractivity contribution in [2.24, 2.45) is 0 Å². The molecule has 2 amide bonds. The van der Waals surface area contributed by atoms with Crippen molar-refractivity contribution >= 4 is 12.0 Å². The number of aromatic nitrogens is 2. The number of anilines is 1. The second kappa shape index (κ2) is 6.21. The summed E-state index contributed by atoms with van der Waals surface area (Å²) in [7, 11) is 0. The van der Waals surface area contributed by atoms with E-state index in [0.29, 0.717) is 11.7 Å². The van der Waals surface area contributed by atoms with E-state index >= 15 is 0 Å². The van der Waals surface area contributed by atoms with E-state index in [0.717, 1.165) is 37.0 Å². The topological polar surface area (TPSA) is 93.2 Å². The first-order chi connectivity index (χ1) is 10.6. The predicted octanol–water partition coefficient (Wildman–Crippen LogP) is 3.40. The van der Waals surface area contributed by atoms with Gasteiger partial charge in [-0.15, -0.1) is 5.10 Å². The molecule has 2 N–H and O–H groups in total. The third kappa shape index (κ3) is 3.29. The number of aryl methyl sites for hydroxylation is 2. The Morgan fingerprint density at radius 3 is 2.64 bits per heavy atom. The van der Waals surface area contributed by atoms with Gasteiger partial charge in [0.05, 0.1) is 5.56 Å². The molecule has 0 aliphatic heterocycles. The Morgan fingerprint density at radius 2 is 1.95 bits per heavy atom. The van der Waals surface area contributed by atoms with Crippen molar-refractivity contribution in [3.8, 4) is 11.5 Å². The van der Waals surface area contributed by atoms with Gasteiger partial charge >= 0.3 is 12.0 Å². The molecule has 118 valence electrons. The van der Waals surface area contributed by atoms with Crippen LogP contribution < -0.4 is 10.6 Å². The highest BCUT2D eigenvalue weighted by Gasteiger charge is 2.18. The van der Waals surface area contributed by atoms with E-state index in [1.807, 2.05) is 19.9 Å². The van der Waals surface area contributed by atoms with Crippen molar-refractivity contribution in [2.45, 2.75) is 52.0 Å². The lowest BCUT2D eigenvalue weighted by Crippen LogP contribution is -2.39. The molecule has 0 spiro atoms. The largest absolute Gasteiger partial charge is 0.466 e. The molecule has 2 heterocycles. The summed E-state index contributed by atoms with van der Waals surface area (Å²) in [6, 6.07) is 1.84. The van der Waals surface area contributed by atoms with Crippen molar-refractivity contribution in [1.82, 2.24) is 15.5 Å². The molecule has 0 unspecified atom stereocenters. The second-order valence-electron chi connectivity index (χ2n) is 5.67. The Hall–Kier alpha value is -2.31. The molecule has 0 atom stereocenters. The average molecular weight is 304 g/mol. The fourth-order valence-corrected chi connectivity index (χ4v) is 2.79. The van der Waals surface area contributed by atoms with E-state index in [2.05, 4.69) is 20.8 Å². The fraction of sp³-hybridized carbons (Fsp3) is 0.533. The molecule has 3 rings (SSSR count). The molecule has 7 heteroatoms. The van der Waals surface area contributed by atoms with E-state index in [-0.39, 0.29) is 18.1 Å². The highest BCUT2D eigenvalue weighted by Crippen LogP contribution is 2.26. The van der Waals surface area contributed by atoms with Crippen LogP contribution in [0.4, 0.5) is 10.8 Å². The first-order valence-electron chi connectivity index (χ1n) is 7.60. The number of carbonyl (C=O) groups excluding carboxylic acids is 1. The maximum atomic E-state index is 11.9. The minimum Gasteiger partial charge on any atom is -0.466 e. The van der Waals surface area contributed by atoms with Crippen LogP contribution in [0, 0.1) is 13.8 Å². The molecule has 1 fully saturated rings. The normalized spacial score (nSPS) is 15.7. The Labute approximate surface area is 128 Å². The molecule has 2 aromatic rings. The lowest BCUT2D eigenvalue weighted by atomic mass is 9.96. The maximum Gasteiger partial charge on any atom is 0.324 e. The predicted molar refractivity (Wildman–Crippen MR) is 80.5 cm³/mol. The molecule has 7 nitrogen and oxygen atoms in total. The lowest BCUT2D eigenvalue weighted by Gasteiger charge is -2.22.